The predicted octanol–water partition coefficient (Wildman–Crippen LogP) is 1.88. The van der Waals surface area contributed by atoms with Crippen LogP contribution >= 0.6 is 0 Å². The zero-order chi connectivity index (χ0) is 13.1. The van der Waals surface area contributed by atoms with Crippen LogP contribution in [-0.2, 0) is 0 Å². The molecule has 0 bridgehead atoms. The minimum atomic E-state index is -0.650. The number of anilines is 1. The predicted molar refractivity (Wildman–Crippen MR) is 61.9 cm³/mol. The minimum Gasteiger partial charge on any atom is -0.504 e. The number of carbonyl (C=O) groups excluding carboxylic acids is 1. The van der Waals surface area contributed by atoms with E-state index in [1.54, 1.807) is 0 Å². The summed E-state index contributed by atoms with van der Waals surface area (Å²) in [5.41, 5.74) is -0.0962. The molecule has 2 aromatic rings. The second-order valence-electron chi connectivity index (χ2n) is 3.49. The molecule has 0 aliphatic rings. The molecule has 0 saturated heterocycles. The van der Waals surface area contributed by atoms with E-state index in [0.717, 1.165) is 12.3 Å². The molecule has 1 aromatic carbocycles. The molecule has 0 fully saturated rings. The van der Waals surface area contributed by atoms with Crippen LogP contribution in [0.15, 0.2) is 36.5 Å². The molecular formula is C12H9FN2O3. The molecule has 1 aromatic heterocycles. The van der Waals surface area contributed by atoms with Gasteiger partial charge in [0.2, 0.25) is 0 Å². The van der Waals surface area contributed by atoms with Crippen LogP contribution in [0, 0.1) is 5.82 Å². The molecule has 5 nitrogen and oxygen atoms in total. The smallest absolute Gasteiger partial charge is 0.260 e. The van der Waals surface area contributed by atoms with Crippen molar-refractivity contribution in [2.75, 3.05) is 5.32 Å². The van der Waals surface area contributed by atoms with Crippen LogP contribution in [0.2, 0.25) is 0 Å². The number of pyridine rings is 1. The summed E-state index contributed by atoms with van der Waals surface area (Å²) in [7, 11) is 0. The molecule has 0 spiro atoms. The van der Waals surface area contributed by atoms with Crippen molar-refractivity contribution in [2.45, 2.75) is 0 Å². The summed E-state index contributed by atoms with van der Waals surface area (Å²) in [5, 5.41) is 21.1. The first-order valence-electron chi connectivity index (χ1n) is 5.02. The van der Waals surface area contributed by atoms with Gasteiger partial charge in [0.15, 0.2) is 11.5 Å². The van der Waals surface area contributed by atoms with E-state index in [1.807, 2.05) is 0 Å². The van der Waals surface area contributed by atoms with Crippen LogP contribution in [-0.4, -0.2) is 21.1 Å². The van der Waals surface area contributed by atoms with Gasteiger partial charge >= 0.3 is 0 Å². The maximum Gasteiger partial charge on any atom is 0.260 e. The Morgan fingerprint density at radius 3 is 2.67 bits per heavy atom. The molecular weight excluding hydrogens is 239 g/mol. The molecule has 1 heterocycles. The lowest BCUT2D eigenvalue weighted by molar-refractivity contribution is 0.102. The van der Waals surface area contributed by atoms with Crippen molar-refractivity contribution < 1.29 is 19.4 Å². The number of amides is 1. The average molecular weight is 248 g/mol. The van der Waals surface area contributed by atoms with Gasteiger partial charge in [-0.1, -0.05) is 6.07 Å². The summed E-state index contributed by atoms with van der Waals surface area (Å²) in [4.78, 5) is 15.4. The van der Waals surface area contributed by atoms with Crippen LogP contribution in [0.5, 0.6) is 11.5 Å². The number of halogens is 1. The van der Waals surface area contributed by atoms with Crippen molar-refractivity contribution in [3.05, 3.63) is 47.9 Å². The van der Waals surface area contributed by atoms with Crippen molar-refractivity contribution in [2.24, 2.45) is 0 Å². The Morgan fingerprint density at radius 2 is 2.00 bits per heavy atom. The van der Waals surface area contributed by atoms with Crippen molar-refractivity contribution >= 4 is 11.7 Å². The number of aromatic nitrogens is 1. The number of benzene rings is 1. The molecule has 92 valence electrons. The van der Waals surface area contributed by atoms with Crippen LogP contribution in [0.3, 0.4) is 0 Å². The fraction of sp³-hybridized carbons (Fsp3) is 0. The third-order valence-electron chi connectivity index (χ3n) is 2.23. The highest BCUT2D eigenvalue weighted by Crippen LogP contribution is 2.28. The first kappa shape index (κ1) is 11.8. The van der Waals surface area contributed by atoms with Crippen molar-refractivity contribution in [1.29, 1.82) is 0 Å². The van der Waals surface area contributed by atoms with Gasteiger partial charge < -0.3 is 15.5 Å². The lowest BCUT2D eigenvalue weighted by atomic mass is 10.1. The molecule has 0 aliphatic heterocycles. The van der Waals surface area contributed by atoms with Crippen molar-refractivity contribution in [3.8, 4) is 11.5 Å². The zero-order valence-corrected chi connectivity index (χ0v) is 9.09. The Labute approximate surface area is 102 Å². The Balaban J connectivity index is 2.22. The number of aromatic hydroxyl groups is 2. The third-order valence-corrected chi connectivity index (χ3v) is 2.23. The summed E-state index contributed by atoms with van der Waals surface area (Å²) in [6, 6.07) is 6.44. The van der Waals surface area contributed by atoms with E-state index >= 15 is 0 Å². The number of phenolic OH excluding ortho intramolecular Hbond substituents is 2. The topological polar surface area (TPSA) is 82.5 Å². The van der Waals surface area contributed by atoms with E-state index in [1.165, 1.54) is 24.3 Å². The van der Waals surface area contributed by atoms with Crippen molar-refractivity contribution in [1.82, 2.24) is 4.98 Å². The monoisotopic (exact) mass is 248 g/mol. The van der Waals surface area contributed by atoms with E-state index in [4.69, 9.17) is 0 Å². The maximum absolute atomic E-state index is 12.6. The highest BCUT2D eigenvalue weighted by atomic mass is 19.1. The average Bonchev–Trinajstić information content (AvgIpc) is 2.35. The molecule has 6 heteroatoms. The first-order valence-corrected chi connectivity index (χ1v) is 5.02. The Bertz CT molecular complexity index is 584. The Kier molecular flexibility index (Phi) is 3.09. The van der Waals surface area contributed by atoms with Crippen LogP contribution in [0.1, 0.15) is 10.4 Å². The van der Waals surface area contributed by atoms with Crippen molar-refractivity contribution in [3.63, 3.8) is 0 Å². The molecule has 0 aliphatic carbocycles. The number of nitrogens with zero attached hydrogens (tertiary/aromatic N) is 1. The number of para-hydroxylation sites is 1. The van der Waals surface area contributed by atoms with E-state index < -0.39 is 23.2 Å². The second kappa shape index (κ2) is 4.70. The third kappa shape index (κ3) is 2.37. The summed E-state index contributed by atoms with van der Waals surface area (Å²) >= 11 is 0. The first-order chi connectivity index (χ1) is 8.58. The van der Waals surface area contributed by atoms with Gasteiger partial charge in [0.25, 0.3) is 5.91 Å². The van der Waals surface area contributed by atoms with E-state index in [9.17, 15) is 19.4 Å². The van der Waals surface area contributed by atoms with E-state index in [2.05, 4.69) is 10.3 Å². The fourth-order valence-corrected chi connectivity index (χ4v) is 1.35. The molecule has 0 atom stereocenters. The maximum atomic E-state index is 12.6. The van der Waals surface area contributed by atoms with Gasteiger partial charge in [-0.2, -0.15) is 0 Å². The van der Waals surface area contributed by atoms with Gasteiger partial charge in [-0.25, -0.2) is 9.37 Å². The number of rotatable bonds is 2. The summed E-state index contributed by atoms with van der Waals surface area (Å²) in [6.07, 6.45) is 0.956. The number of phenols is 2. The summed E-state index contributed by atoms with van der Waals surface area (Å²) in [5.74, 6) is -1.94. The van der Waals surface area contributed by atoms with E-state index in [-0.39, 0.29) is 11.4 Å². The molecule has 18 heavy (non-hydrogen) atoms. The molecule has 0 saturated carbocycles. The largest absolute Gasteiger partial charge is 0.504 e. The Hall–Kier alpha value is -2.63. The standard InChI is InChI=1S/C12H9FN2O3/c13-7-4-5-10(14-6-7)15-12(18)8-2-1-3-9(16)11(8)17/h1-6,16-17H,(H,14,15,18). The van der Waals surface area contributed by atoms with Crippen LogP contribution in [0.25, 0.3) is 0 Å². The lowest BCUT2D eigenvalue weighted by Gasteiger charge is -2.06. The second-order valence-corrected chi connectivity index (χ2v) is 3.49. The normalized spacial score (nSPS) is 10.1. The minimum absolute atomic E-state index is 0.0962. The number of hydrogen-bond acceptors (Lipinski definition) is 4. The molecule has 1 amide bonds. The number of nitrogens with one attached hydrogen (secondary N) is 1. The SMILES string of the molecule is O=C(Nc1ccc(F)cn1)c1cccc(O)c1O. The highest BCUT2D eigenvalue weighted by molar-refractivity contribution is 6.06. The Morgan fingerprint density at radius 1 is 1.22 bits per heavy atom. The molecule has 2 rings (SSSR count). The van der Waals surface area contributed by atoms with Gasteiger partial charge in [-0.3, -0.25) is 4.79 Å². The van der Waals surface area contributed by atoms with Gasteiger partial charge in [-0.15, -0.1) is 0 Å². The summed E-state index contributed by atoms with van der Waals surface area (Å²) < 4.78 is 12.6. The molecule has 0 radical (unpaired) electrons. The van der Waals surface area contributed by atoms with Crippen LogP contribution < -0.4 is 5.32 Å². The van der Waals surface area contributed by atoms with Gasteiger partial charge in [-0.05, 0) is 24.3 Å². The zero-order valence-electron chi connectivity index (χ0n) is 9.09. The number of carbonyl (C=O) groups is 1. The highest BCUT2D eigenvalue weighted by Gasteiger charge is 2.14. The van der Waals surface area contributed by atoms with E-state index in [0.29, 0.717) is 0 Å². The quantitative estimate of drug-likeness (QED) is 0.709. The number of hydrogen-bond donors (Lipinski definition) is 3. The van der Waals surface area contributed by atoms with Gasteiger partial charge in [0, 0.05) is 0 Å². The lowest BCUT2D eigenvalue weighted by Crippen LogP contribution is -2.13. The summed E-state index contributed by atoms with van der Waals surface area (Å²) in [6.45, 7) is 0. The molecule has 0 unspecified atom stereocenters. The van der Waals surface area contributed by atoms with Gasteiger partial charge in [0.1, 0.15) is 11.6 Å². The fourth-order valence-electron chi connectivity index (χ4n) is 1.35. The molecule has 3 N–H and O–H groups in total. The van der Waals surface area contributed by atoms with Gasteiger partial charge in [0.05, 0.1) is 11.8 Å². The van der Waals surface area contributed by atoms with Crippen LogP contribution in [0.4, 0.5) is 10.2 Å².